The summed E-state index contributed by atoms with van der Waals surface area (Å²) in [7, 11) is 0. The minimum absolute atomic E-state index is 0.153. The number of carbonyl (C=O) groups excluding carboxylic acids is 1. The molecule has 12 nitrogen and oxygen atoms in total. The number of aryl methyl sites for hydroxylation is 1. The zero-order valence-electron chi connectivity index (χ0n) is 19.3. The second-order valence-electron chi connectivity index (χ2n) is 8.03. The van der Waals surface area contributed by atoms with Crippen LogP contribution in [0.1, 0.15) is 17.3 Å². The van der Waals surface area contributed by atoms with Gasteiger partial charge in [-0.05, 0) is 35.4 Å². The number of imidazole rings is 1. The molecule has 182 valence electrons. The first-order valence-electron chi connectivity index (χ1n) is 11.4. The average Bonchev–Trinajstić information content (AvgIpc) is 3.47. The van der Waals surface area contributed by atoms with Crippen LogP contribution in [0.15, 0.2) is 41.2 Å². The number of nitrogens with one attached hydrogen (secondary N) is 1. The summed E-state index contributed by atoms with van der Waals surface area (Å²) >= 11 is 0. The second kappa shape index (κ2) is 10.1. The first-order chi connectivity index (χ1) is 17.1. The number of anilines is 1. The summed E-state index contributed by atoms with van der Waals surface area (Å²) in [4.78, 5) is 23.8. The number of pyridine rings is 1. The Hall–Kier alpha value is -4.03. The van der Waals surface area contributed by atoms with Crippen molar-refractivity contribution in [1.29, 1.82) is 0 Å². The van der Waals surface area contributed by atoms with E-state index in [1.165, 1.54) is 0 Å². The van der Waals surface area contributed by atoms with Gasteiger partial charge in [0.15, 0.2) is 17.3 Å². The van der Waals surface area contributed by atoms with Crippen molar-refractivity contribution in [3.05, 3.63) is 42.1 Å². The van der Waals surface area contributed by atoms with Crippen molar-refractivity contribution in [1.82, 2.24) is 35.1 Å². The fourth-order valence-electron chi connectivity index (χ4n) is 3.99. The number of rotatable bonds is 8. The van der Waals surface area contributed by atoms with Crippen LogP contribution in [0.2, 0.25) is 0 Å². The molecule has 0 radical (unpaired) electrons. The number of benzene rings is 1. The molecule has 1 aromatic carbocycles. The monoisotopic (exact) mass is 478 g/mol. The van der Waals surface area contributed by atoms with Crippen molar-refractivity contribution in [2.24, 2.45) is 0 Å². The first-order valence-corrected chi connectivity index (χ1v) is 11.4. The van der Waals surface area contributed by atoms with E-state index in [2.05, 4.69) is 30.5 Å². The molecule has 0 saturated carbocycles. The number of morpholine rings is 1. The molecule has 0 atom stereocenters. The molecule has 4 heterocycles. The summed E-state index contributed by atoms with van der Waals surface area (Å²) in [5.74, 6) is 1.43. The molecule has 1 saturated heterocycles. The third kappa shape index (κ3) is 4.93. The molecule has 0 unspecified atom stereocenters. The largest absolute Gasteiger partial charge is 0.439 e. The number of nitrogens with two attached hydrogens (primary N) is 1. The number of amides is 1. The van der Waals surface area contributed by atoms with Gasteiger partial charge in [-0.15, -0.1) is 0 Å². The first kappa shape index (κ1) is 22.7. The highest BCUT2D eigenvalue weighted by Crippen LogP contribution is 2.29. The zero-order chi connectivity index (χ0) is 24.2. The summed E-state index contributed by atoms with van der Waals surface area (Å²) in [6, 6.07) is 8.79. The van der Waals surface area contributed by atoms with Crippen LogP contribution in [-0.4, -0.2) is 75.0 Å². The predicted molar refractivity (Wildman–Crippen MR) is 127 cm³/mol. The van der Waals surface area contributed by atoms with Crippen LogP contribution in [0.5, 0.6) is 11.6 Å². The number of nitrogens with zero attached hydrogens (tertiary/aromatic N) is 6. The van der Waals surface area contributed by atoms with Gasteiger partial charge in [-0.25, -0.2) is 14.6 Å². The maximum atomic E-state index is 12.6. The SMILES string of the molecule is CCn1c(-c2nonc2N)nc2cnc(Oc3cccc(C(=O)NCCN4CCOCC4)c3)cc21. The Labute approximate surface area is 201 Å². The van der Waals surface area contributed by atoms with Crippen LogP contribution in [0.4, 0.5) is 5.82 Å². The van der Waals surface area contributed by atoms with Crippen LogP contribution in [0, 0.1) is 0 Å². The lowest BCUT2D eigenvalue weighted by molar-refractivity contribution is 0.0383. The van der Waals surface area contributed by atoms with Crippen LogP contribution in [0.25, 0.3) is 22.6 Å². The molecule has 1 aliphatic heterocycles. The van der Waals surface area contributed by atoms with E-state index in [1.54, 1.807) is 36.5 Å². The Kier molecular flexibility index (Phi) is 6.55. The van der Waals surface area contributed by atoms with Crippen molar-refractivity contribution >= 4 is 22.8 Å². The van der Waals surface area contributed by atoms with E-state index >= 15 is 0 Å². The Morgan fingerprint density at radius 2 is 2.09 bits per heavy atom. The smallest absolute Gasteiger partial charge is 0.251 e. The average molecular weight is 479 g/mol. The number of ether oxygens (including phenoxy) is 2. The van der Waals surface area contributed by atoms with E-state index in [4.69, 9.17) is 19.8 Å². The Balaban J connectivity index is 1.29. The molecule has 12 heteroatoms. The molecule has 0 aliphatic carbocycles. The summed E-state index contributed by atoms with van der Waals surface area (Å²) in [5, 5.41) is 10.5. The van der Waals surface area contributed by atoms with E-state index in [0.717, 1.165) is 38.4 Å². The van der Waals surface area contributed by atoms with Gasteiger partial charge in [0.25, 0.3) is 5.91 Å². The number of carbonyl (C=O) groups is 1. The van der Waals surface area contributed by atoms with Crippen LogP contribution in [0.3, 0.4) is 0 Å². The third-order valence-corrected chi connectivity index (χ3v) is 5.79. The highest BCUT2D eigenvalue weighted by Gasteiger charge is 2.19. The lowest BCUT2D eigenvalue weighted by atomic mass is 10.2. The number of fused-ring (bicyclic) bond motifs is 1. The lowest BCUT2D eigenvalue weighted by Gasteiger charge is -2.26. The van der Waals surface area contributed by atoms with Gasteiger partial charge in [0.05, 0.1) is 24.9 Å². The van der Waals surface area contributed by atoms with Crippen LogP contribution in [-0.2, 0) is 11.3 Å². The normalized spacial score (nSPS) is 14.3. The number of hydrogen-bond acceptors (Lipinski definition) is 10. The number of hydrogen-bond donors (Lipinski definition) is 2. The molecule has 1 aliphatic rings. The number of nitrogen functional groups attached to an aromatic ring is 1. The molecule has 3 aromatic heterocycles. The minimum atomic E-state index is -0.153. The predicted octanol–water partition coefficient (Wildman–Crippen LogP) is 1.94. The summed E-state index contributed by atoms with van der Waals surface area (Å²) in [5.41, 5.74) is 8.20. The highest BCUT2D eigenvalue weighted by atomic mass is 16.6. The molecule has 3 N–H and O–H groups in total. The van der Waals surface area contributed by atoms with Gasteiger partial charge in [-0.3, -0.25) is 9.69 Å². The van der Waals surface area contributed by atoms with Gasteiger partial charge < -0.3 is 25.1 Å². The van der Waals surface area contributed by atoms with E-state index in [1.807, 2.05) is 11.5 Å². The molecule has 35 heavy (non-hydrogen) atoms. The topological polar surface area (TPSA) is 146 Å². The van der Waals surface area contributed by atoms with Crippen molar-refractivity contribution in [3.63, 3.8) is 0 Å². The molecule has 0 bridgehead atoms. The van der Waals surface area contributed by atoms with E-state index in [0.29, 0.717) is 47.3 Å². The van der Waals surface area contributed by atoms with Gasteiger partial charge in [-0.1, -0.05) is 6.07 Å². The van der Waals surface area contributed by atoms with Gasteiger partial charge in [0, 0.05) is 44.4 Å². The van der Waals surface area contributed by atoms with Gasteiger partial charge in [0.1, 0.15) is 11.3 Å². The summed E-state index contributed by atoms with van der Waals surface area (Å²) in [6.07, 6.45) is 1.62. The van der Waals surface area contributed by atoms with Crippen molar-refractivity contribution in [2.45, 2.75) is 13.5 Å². The molecular formula is C23H26N8O4. The Morgan fingerprint density at radius 3 is 2.86 bits per heavy atom. The van der Waals surface area contributed by atoms with Gasteiger partial charge >= 0.3 is 0 Å². The standard InChI is InChI=1S/C23H26N8O4/c1-2-31-18-13-19(26-14-17(18)27-22(31)20-21(24)29-35-28-20)34-16-5-3-4-15(12-16)23(32)25-6-7-30-8-10-33-11-9-30/h3-5,12-14H,2,6-11H2,1H3,(H2,24,29)(H,25,32). The van der Waals surface area contributed by atoms with Crippen molar-refractivity contribution in [3.8, 4) is 23.1 Å². The number of aromatic nitrogens is 5. The zero-order valence-corrected chi connectivity index (χ0v) is 19.3. The Morgan fingerprint density at radius 1 is 1.23 bits per heavy atom. The van der Waals surface area contributed by atoms with Crippen molar-refractivity contribution in [2.75, 3.05) is 45.1 Å². The fraction of sp³-hybridized carbons (Fsp3) is 0.348. The van der Waals surface area contributed by atoms with Gasteiger partial charge in [-0.2, -0.15) is 0 Å². The van der Waals surface area contributed by atoms with E-state index in [-0.39, 0.29) is 11.7 Å². The molecule has 4 aromatic rings. The van der Waals surface area contributed by atoms with Crippen molar-refractivity contribution < 1.29 is 18.9 Å². The van der Waals surface area contributed by atoms with Crippen LogP contribution < -0.4 is 15.8 Å². The second-order valence-corrected chi connectivity index (χ2v) is 8.03. The molecule has 0 spiro atoms. The van der Waals surface area contributed by atoms with Crippen LogP contribution >= 0.6 is 0 Å². The minimum Gasteiger partial charge on any atom is -0.439 e. The molecule has 1 amide bonds. The summed E-state index contributed by atoms with van der Waals surface area (Å²) in [6.45, 7) is 7.20. The quantitative estimate of drug-likeness (QED) is 0.385. The maximum Gasteiger partial charge on any atom is 0.251 e. The fourth-order valence-corrected chi connectivity index (χ4v) is 3.99. The Bertz CT molecular complexity index is 1330. The lowest BCUT2D eigenvalue weighted by Crippen LogP contribution is -2.41. The third-order valence-electron chi connectivity index (χ3n) is 5.79. The van der Waals surface area contributed by atoms with Gasteiger partial charge in [0.2, 0.25) is 5.88 Å². The molecule has 5 rings (SSSR count). The van der Waals surface area contributed by atoms with E-state index < -0.39 is 0 Å². The summed E-state index contributed by atoms with van der Waals surface area (Å²) < 4.78 is 18.0. The molecular weight excluding hydrogens is 452 g/mol. The van der Waals surface area contributed by atoms with E-state index in [9.17, 15) is 4.79 Å². The maximum absolute atomic E-state index is 12.6. The highest BCUT2D eigenvalue weighted by molar-refractivity contribution is 5.94. The molecule has 1 fully saturated rings.